The van der Waals surface area contributed by atoms with Gasteiger partial charge >= 0.3 is 5.97 Å². The quantitative estimate of drug-likeness (QED) is 0.471. The number of hydrogen-bond donors (Lipinski definition) is 1. The molecule has 1 amide bonds. The fraction of sp³-hybridized carbons (Fsp3) is 0.333. The summed E-state index contributed by atoms with van der Waals surface area (Å²) in [5.41, 5.74) is 0.483. The van der Waals surface area contributed by atoms with Gasteiger partial charge in [-0.05, 0) is 12.5 Å². The molecular formula is C18H20N2O5S. The van der Waals surface area contributed by atoms with Crippen molar-refractivity contribution in [2.24, 2.45) is 5.41 Å². The zero-order valence-electron chi connectivity index (χ0n) is 15.0. The van der Waals surface area contributed by atoms with Gasteiger partial charge < -0.3 is 10.1 Å². The Morgan fingerprint density at radius 1 is 1.31 bits per heavy atom. The van der Waals surface area contributed by atoms with E-state index in [0.29, 0.717) is 16.1 Å². The maximum absolute atomic E-state index is 12.5. The minimum absolute atomic E-state index is 0.0798. The molecule has 138 valence electrons. The molecule has 1 aromatic heterocycles. The van der Waals surface area contributed by atoms with E-state index >= 15 is 0 Å². The summed E-state index contributed by atoms with van der Waals surface area (Å²) in [4.78, 5) is 35.3. The molecule has 0 radical (unpaired) electrons. The second kappa shape index (κ2) is 7.65. The highest BCUT2D eigenvalue weighted by Gasteiger charge is 2.27. The molecule has 1 heterocycles. The van der Waals surface area contributed by atoms with E-state index < -0.39 is 16.3 Å². The average molecular weight is 376 g/mol. The number of benzene rings is 1. The number of non-ortho nitro benzene ring substituents is 1. The number of esters is 1. The van der Waals surface area contributed by atoms with Crippen LogP contribution in [0.5, 0.6) is 0 Å². The molecule has 0 saturated heterocycles. The van der Waals surface area contributed by atoms with Gasteiger partial charge in [0.2, 0.25) is 5.91 Å². The highest BCUT2D eigenvalue weighted by atomic mass is 32.1. The van der Waals surface area contributed by atoms with Gasteiger partial charge in [0.25, 0.3) is 5.69 Å². The summed E-state index contributed by atoms with van der Waals surface area (Å²) >= 11 is 1.18. The Morgan fingerprint density at radius 2 is 2.00 bits per heavy atom. The Hall–Kier alpha value is -2.74. The van der Waals surface area contributed by atoms with Gasteiger partial charge in [-0.1, -0.05) is 32.9 Å². The maximum atomic E-state index is 12.5. The van der Waals surface area contributed by atoms with E-state index in [9.17, 15) is 19.7 Å². The summed E-state index contributed by atoms with van der Waals surface area (Å²) in [5.74, 6) is -0.824. The van der Waals surface area contributed by atoms with Crippen molar-refractivity contribution in [1.29, 1.82) is 0 Å². The van der Waals surface area contributed by atoms with Crippen molar-refractivity contribution in [3.05, 3.63) is 45.3 Å². The van der Waals surface area contributed by atoms with E-state index in [2.05, 4.69) is 5.32 Å². The average Bonchev–Trinajstić information content (AvgIpc) is 2.98. The number of nitrogens with one attached hydrogen (secondary N) is 1. The van der Waals surface area contributed by atoms with Gasteiger partial charge in [-0.2, -0.15) is 0 Å². The molecule has 0 aliphatic carbocycles. The summed E-state index contributed by atoms with van der Waals surface area (Å²) in [5, 5.41) is 15.8. The second-order valence-electron chi connectivity index (χ2n) is 6.59. The molecule has 7 nitrogen and oxygen atoms in total. The van der Waals surface area contributed by atoms with Crippen molar-refractivity contribution in [3.8, 4) is 11.1 Å². The standard InChI is InChI=1S/C18H20N2O5S/c1-5-25-16(21)14-13(11-7-6-8-12(9-11)20(23)24)10-26-15(14)19-17(22)18(2,3)4/h6-10H,5H2,1-4H3,(H,19,22). The van der Waals surface area contributed by atoms with Crippen LogP contribution in [-0.2, 0) is 9.53 Å². The summed E-state index contributed by atoms with van der Waals surface area (Å²) in [6.45, 7) is 7.16. The molecule has 0 aliphatic rings. The van der Waals surface area contributed by atoms with Crippen LogP contribution in [0.15, 0.2) is 29.6 Å². The maximum Gasteiger partial charge on any atom is 0.341 e. The lowest BCUT2D eigenvalue weighted by molar-refractivity contribution is -0.384. The lowest BCUT2D eigenvalue weighted by atomic mass is 9.95. The van der Waals surface area contributed by atoms with Crippen LogP contribution < -0.4 is 5.32 Å². The molecule has 2 rings (SSSR count). The Kier molecular flexibility index (Phi) is 5.76. The predicted octanol–water partition coefficient (Wildman–Crippen LogP) is 4.48. The van der Waals surface area contributed by atoms with E-state index in [4.69, 9.17) is 4.74 Å². The Labute approximate surface area is 155 Å². The topological polar surface area (TPSA) is 98.5 Å². The second-order valence-corrected chi connectivity index (χ2v) is 7.47. The van der Waals surface area contributed by atoms with Crippen LogP contribution >= 0.6 is 11.3 Å². The van der Waals surface area contributed by atoms with Crippen molar-refractivity contribution in [1.82, 2.24) is 0 Å². The van der Waals surface area contributed by atoms with Gasteiger partial charge in [-0.3, -0.25) is 14.9 Å². The lowest BCUT2D eigenvalue weighted by Crippen LogP contribution is -2.28. The number of amides is 1. The summed E-state index contributed by atoms with van der Waals surface area (Å²) in [7, 11) is 0. The molecule has 0 fully saturated rings. The molecule has 8 heteroatoms. The van der Waals surface area contributed by atoms with Gasteiger partial charge in [0.1, 0.15) is 10.6 Å². The minimum atomic E-state index is -0.637. The first kappa shape index (κ1) is 19.6. The first-order valence-corrected chi connectivity index (χ1v) is 8.88. The highest BCUT2D eigenvalue weighted by Crippen LogP contribution is 2.38. The molecule has 0 spiro atoms. The molecule has 1 aromatic carbocycles. The largest absolute Gasteiger partial charge is 0.462 e. The molecule has 2 aromatic rings. The number of carbonyl (C=O) groups excluding carboxylic acids is 2. The number of nitro groups is 1. The normalized spacial score (nSPS) is 11.1. The van der Waals surface area contributed by atoms with Crippen molar-refractivity contribution in [2.75, 3.05) is 11.9 Å². The van der Waals surface area contributed by atoms with Crippen LogP contribution in [0.1, 0.15) is 38.1 Å². The number of carbonyl (C=O) groups is 2. The Morgan fingerprint density at radius 3 is 2.58 bits per heavy atom. The zero-order chi connectivity index (χ0) is 19.5. The van der Waals surface area contributed by atoms with Crippen molar-refractivity contribution >= 4 is 33.9 Å². The fourth-order valence-electron chi connectivity index (χ4n) is 2.15. The molecule has 0 saturated carbocycles. The molecule has 0 bridgehead atoms. The molecular weight excluding hydrogens is 356 g/mol. The van der Waals surface area contributed by atoms with Gasteiger partial charge in [-0.25, -0.2) is 4.79 Å². The molecule has 0 unspecified atom stereocenters. The van der Waals surface area contributed by atoms with E-state index in [1.54, 1.807) is 45.2 Å². The monoisotopic (exact) mass is 376 g/mol. The van der Waals surface area contributed by atoms with E-state index in [1.165, 1.54) is 23.5 Å². The van der Waals surface area contributed by atoms with Crippen LogP contribution in [-0.4, -0.2) is 23.4 Å². The predicted molar refractivity (Wildman–Crippen MR) is 100 cm³/mol. The van der Waals surface area contributed by atoms with Crippen molar-refractivity contribution < 1.29 is 19.2 Å². The number of thiophene rings is 1. The van der Waals surface area contributed by atoms with Gasteiger partial charge in [0.15, 0.2) is 0 Å². The van der Waals surface area contributed by atoms with E-state index in [1.807, 2.05) is 0 Å². The Balaban J connectivity index is 2.53. The molecule has 0 aliphatic heterocycles. The third-order valence-electron chi connectivity index (χ3n) is 3.55. The van der Waals surface area contributed by atoms with Crippen molar-refractivity contribution in [3.63, 3.8) is 0 Å². The highest BCUT2D eigenvalue weighted by molar-refractivity contribution is 7.15. The number of nitro benzene ring substituents is 1. The summed E-state index contributed by atoms with van der Waals surface area (Å²) in [6.07, 6.45) is 0. The molecule has 26 heavy (non-hydrogen) atoms. The van der Waals surface area contributed by atoms with Crippen LogP contribution in [0.2, 0.25) is 0 Å². The first-order chi connectivity index (χ1) is 12.1. The molecule has 1 N–H and O–H groups in total. The van der Waals surface area contributed by atoms with E-state index in [-0.39, 0.29) is 23.8 Å². The zero-order valence-corrected chi connectivity index (χ0v) is 15.8. The van der Waals surface area contributed by atoms with E-state index in [0.717, 1.165) is 0 Å². The SMILES string of the molecule is CCOC(=O)c1c(-c2cccc([N+](=O)[O-])c2)csc1NC(=O)C(C)(C)C. The number of nitrogens with zero attached hydrogens (tertiary/aromatic N) is 1. The summed E-state index contributed by atoms with van der Waals surface area (Å²) in [6, 6.07) is 5.99. The number of ether oxygens (including phenoxy) is 1. The summed E-state index contributed by atoms with van der Waals surface area (Å²) < 4.78 is 5.12. The van der Waals surface area contributed by atoms with Gasteiger partial charge in [-0.15, -0.1) is 11.3 Å². The smallest absolute Gasteiger partial charge is 0.341 e. The van der Waals surface area contributed by atoms with Crippen molar-refractivity contribution in [2.45, 2.75) is 27.7 Å². The van der Waals surface area contributed by atoms with Gasteiger partial charge in [0, 0.05) is 28.5 Å². The number of rotatable bonds is 5. The third-order valence-corrected chi connectivity index (χ3v) is 4.44. The van der Waals surface area contributed by atoms with Crippen LogP contribution in [0, 0.1) is 15.5 Å². The Bertz CT molecular complexity index is 852. The fourth-order valence-corrected chi connectivity index (χ4v) is 3.10. The number of hydrogen-bond acceptors (Lipinski definition) is 6. The number of anilines is 1. The van der Waals surface area contributed by atoms with Crippen LogP contribution in [0.3, 0.4) is 0 Å². The minimum Gasteiger partial charge on any atom is -0.462 e. The van der Waals surface area contributed by atoms with Crippen LogP contribution in [0.25, 0.3) is 11.1 Å². The first-order valence-electron chi connectivity index (χ1n) is 8.00. The van der Waals surface area contributed by atoms with Crippen LogP contribution in [0.4, 0.5) is 10.7 Å². The molecule has 0 atom stereocenters. The third kappa shape index (κ3) is 4.26. The van der Waals surface area contributed by atoms with Gasteiger partial charge in [0.05, 0.1) is 11.5 Å². The lowest BCUT2D eigenvalue weighted by Gasteiger charge is -2.17.